The Kier molecular flexibility index (Phi) is 3.82. The van der Waals surface area contributed by atoms with Crippen molar-refractivity contribution in [3.05, 3.63) is 46.4 Å². The van der Waals surface area contributed by atoms with Crippen LogP contribution in [0.5, 0.6) is 0 Å². The number of hydrogen-bond donors (Lipinski definition) is 1. The van der Waals surface area contributed by atoms with E-state index in [0.717, 1.165) is 35.7 Å². The van der Waals surface area contributed by atoms with Gasteiger partial charge in [-0.05, 0) is 49.3 Å². The Morgan fingerprint density at radius 1 is 1.36 bits per heavy atom. The highest BCUT2D eigenvalue weighted by molar-refractivity contribution is 5.83. The molecule has 0 spiro atoms. The van der Waals surface area contributed by atoms with Crippen molar-refractivity contribution in [1.29, 1.82) is 0 Å². The number of carbonyl (C=O) groups is 1. The van der Waals surface area contributed by atoms with Crippen molar-refractivity contribution in [2.75, 3.05) is 0 Å². The van der Waals surface area contributed by atoms with Gasteiger partial charge in [-0.15, -0.1) is 5.10 Å². The van der Waals surface area contributed by atoms with Crippen LogP contribution in [0.25, 0.3) is 16.6 Å². The first-order valence-corrected chi connectivity index (χ1v) is 8.86. The van der Waals surface area contributed by atoms with Gasteiger partial charge in [0, 0.05) is 12.0 Å². The van der Waals surface area contributed by atoms with Gasteiger partial charge in [-0.25, -0.2) is 13.9 Å². The van der Waals surface area contributed by atoms with Crippen LogP contribution in [0, 0.1) is 12.8 Å². The first-order chi connectivity index (χ1) is 12.1. The molecule has 0 radical (unpaired) electrons. The fraction of sp³-hybridized carbons (Fsp3) is 0.421. The standard InChI is InChI=1S/C19H22N4O2/c1-3-15(20-18(24)13-8-9-13)11-22-19(25)23-16-7-5-4-6-14(16)10-12(2)17(23)21-22/h4-7,10,13,15H,3,8-9,11H2,1-2H3,(H,20,24). The molecule has 1 fully saturated rings. The van der Waals surface area contributed by atoms with Crippen LogP contribution in [-0.4, -0.2) is 26.1 Å². The van der Waals surface area contributed by atoms with E-state index >= 15 is 0 Å². The molecule has 2 heterocycles. The molecule has 1 aliphatic rings. The van der Waals surface area contributed by atoms with E-state index in [1.165, 1.54) is 4.68 Å². The van der Waals surface area contributed by atoms with Crippen LogP contribution >= 0.6 is 0 Å². The summed E-state index contributed by atoms with van der Waals surface area (Å²) in [6, 6.07) is 9.78. The molecule has 6 nitrogen and oxygen atoms in total. The van der Waals surface area contributed by atoms with Gasteiger partial charge in [0.1, 0.15) is 0 Å². The van der Waals surface area contributed by atoms with Gasteiger partial charge in [0.25, 0.3) is 0 Å². The Hall–Kier alpha value is -2.63. The Morgan fingerprint density at radius 2 is 2.12 bits per heavy atom. The van der Waals surface area contributed by atoms with Crippen molar-refractivity contribution in [2.45, 2.75) is 45.7 Å². The number of fused-ring (bicyclic) bond motifs is 3. The van der Waals surface area contributed by atoms with Crippen molar-refractivity contribution in [2.24, 2.45) is 5.92 Å². The predicted molar refractivity (Wildman–Crippen MR) is 96.6 cm³/mol. The third-order valence-corrected chi connectivity index (χ3v) is 4.92. The van der Waals surface area contributed by atoms with Gasteiger partial charge in [-0.1, -0.05) is 25.1 Å². The summed E-state index contributed by atoms with van der Waals surface area (Å²) in [6.07, 6.45) is 2.71. The molecule has 6 heteroatoms. The number of hydrogen-bond acceptors (Lipinski definition) is 3. The van der Waals surface area contributed by atoms with Gasteiger partial charge < -0.3 is 5.32 Å². The van der Waals surface area contributed by atoms with E-state index in [4.69, 9.17) is 0 Å². The Labute approximate surface area is 145 Å². The molecule has 1 unspecified atom stereocenters. The Bertz CT molecular complexity index is 1010. The van der Waals surface area contributed by atoms with Crippen molar-refractivity contribution in [3.63, 3.8) is 0 Å². The Morgan fingerprint density at radius 3 is 2.84 bits per heavy atom. The first kappa shape index (κ1) is 15.9. The van der Waals surface area contributed by atoms with E-state index in [1.54, 1.807) is 4.40 Å². The largest absolute Gasteiger partial charge is 0.351 e. The molecule has 0 aliphatic heterocycles. The van der Waals surface area contributed by atoms with Gasteiger partial charge in [0.2, 0.25) is 5.91 Å². The smallest absolute Gasteiger partial charge is 0.350 e. The minimum atomic E-state index is -0.158. The van der Waals surface area contributed by atoms with Crippen LogP contribution in [0.4, 0.5) is 0 Å². The lowest BCUT2D eigenvalue weighted by atomic mass is 10.1. The number of aryl methyl sites for hydroxylation is 1. The van der Waals surface area contributed by atoms with E-state index < -0.39 is 0 Å². The molecule has 0 saturated heterocycles. The Balaban J connectivity index is 1.73. The summed E-state index contributed by atoms with van der Waals surface area (Å²) < 4.78 is 3.15. The molecule has 4 rings (SSSR count). The second-order valence-corrected chi connectivity index (χ2v) is 6.90. The topological polar surface area (TPSA) is 68.4 Å². The normalized spacial score (nSPS) is 15.6. The summed E-state index contributed by atoms with van der Waals surface area (Å²) in [4.78, 5) is 25.0. The van der Waals surface area contributed by atoms with Crippen LogP contribution in [-0.2, 0) is 11.3 Å². The van der Waals surface area contributed by atoms with Gasteiger partial charge in [-0.3, -0.25) is 4.79 Å². The number of pyridine rings is 1. The number of aromatic nitrogens is 3. The highest BCUT2D eigenvalue weighted by Crippen LogP contribution is 2.29. The highest BCUT2D eigenvalue weighted by atomic mass is 16.2. The second-order valence-electron chi connectivity index (χ2n) is 6.90. The second kappa shape index (κ2) is 6.02. The van der Waals surface area contributed by atoms with Crippen LogP contribution < -0.4 is 11.0 Å². The molecule has 1 N–H and O–H groups in total. The lowest BCUT2D eigenvalue weighted by Gasteiger charge is -2.16. The molecule has 25 heavy (non-hydrogen) atoms. The van der Waals surface area contributed by atoms with Crippen molar-refractivity contribution in [1.82, 2.24) is 19.5 Å². The van der Waals surface area contributed by atoms with Crippen LogP contribution in [0.3, 0.4) is 0 Å². The van der Waals surface area contributed by atoms with E-state index in [0.29, 0.717) is 12.2 Å². The molecule has 1 aromatic carbocycles. The summed E-state index contributed by atoms with van der Waals surface area (Å²) in [5, 5.41) is 8.60. The van der Waals surface area contributed by atoms with E-state index in [1.807, 2.05) is 44.2 Å². The summed E-state index contributed by atoms with van der Waals surface area (Å²) in [7, 11) is 0. The molecule has 130 valence electrons. The number of carbonyl (C=O) groups excluding carboxylic acids is 1. The van der Waals surface area contributed by atoms with Crippen LogP contribution in [0.2, 0.25) is 0 Å². The molecule has 0 bridgehead atoms. The number of benzene rings is 1. The van der Waals surface area contributed by atoms with E-state index in [-0.39, 0.29) is 23.6 Å². The van der Waals surface area contributed by atoms with E-state index in [2.05, 4.69) is 10.4 Å². The van der Waals surface area contributed by atoms with Gasteiger partial charge >= 0.3 is 5.69 Å². The average Bonchev–Trinajstić information content (AvgIpc) is 3.40. The fourth-order valence-electron chi connectivity index (χ4n) is 3.26. The summed E-state index contributed by atoms with van der Waals surface area (Å²) in [5.41, 5.74) is 2.33. The average molecular weight is 338 g/mol. The molecule has 1 amide bonds. The first-order valence-electron chi connectivity index (χ1n) is 8.86. The molecular weight excluding hydrogens is 316 g/mol. The van der Waals surface area contributed by atoms with Gasteiger partial charge in [0.05, 0.1) is 12.1 Å². The number of rotatable bonds is 5. The molecule has 3 aromatic rings. The van der Waals surface area contributed by atoms with Gasteiger partial charge in [0.15, 0.2) is 5.65 Å². The lowest BCUT2D eigenvalue weighted by Crippen LogP contribution is -2.40. The van der Waals surface area contributed by atoms with Gasteiger partial charge in [-0.2, -0.15) is 0 Å². The van der Waals surface area contributed by atoms with E-state index in [9.17, 15) is 9.59 Å². The maximum atomic E-state index is 12.9. The quantitative estimate of drug-likeness (QED) is 0.776. The highest BCUT2D eigenvalue weighted by Gasteiger charge is 2.30. The zero-order chi connectivity index (χ0) is 17.6. The number of amides is 1. The predicted octanol–water partition coefficient (Wildman–Crippen LogP) is 2.26. The van der Waals surface area contributed by atoms with Crippen molar-refractivity contribution >= 4 is 22.5 Å². The summed E-state index contributed by atoms with van der Waals surface area (Å²) in [6.45, 7) is 4.37. The third kappa shape index (κ3) is 2.81. The number of para-hydroxylation sites is 1. The SMILES string of the molecule is CCC(Cn1nc2c(C)cc3ccccc3n2c1=O)NC(=O)C1CC1. The number of nitrogens with one attached hydrogen (secondary N) is 1. The zero-order valence-electron chi connectivity index (χ0n) is 14.5. The monoisotopic (exact) mass is 338 g/mol. The third-order valence-electron chi connectivity index (χ3n) is 4.92. The van der Waals surface area contributed by atoms with Crippen LogP contribution in [0.1, 0.15) is 31.7 Å². The van der Waals surface area contributed by atoms with Crippen LogP contribution in [0.15, 0.2) is 35.1 Å². The minimum absolute atomic E-state index is 0.0812. The molecule has 2 aromatic heterocycles. The lowest BCUT2D eigenvalue weighted by molar-refractivity contribution is -0.123. The zero-order valence-corrected chi connectivity index (χ0v) is 14.5. The molecular formula is C19H22N4O2. The summed E-state index contributed by atoms with van der Waals surface area (Å²) in [5.74, 6) is 0.267. The minimum Gasteiger partial charge on any atom is -0.351 e. The number of nitrogens with zero attached hydrogens (tertiary/aromatic N) is 3. The maximum Gasteiger partial charge on any atom is 0.350 e. The molecule has 1 atom stereocenters. The molecule has 1 saturated carbocycles. The fourth-order valence-corrected chi connectivity index (χ4v) is 3.26. The van der Waals surface area contributed by atoms with Crippen molar-refractivity contribution in [3.8, 4) is 0 Å². The van der Waals surface area contributed by atoms with Crippen molar-refractivity contribution < 1.29 is 4.79 Å². The molecule has 1 aliphatic carbocycles. The maximum absolute atomic E-state index is 12.9. The summed E-state index contributed by atoms with van der Waals surface area (Å²) >= 11 is 0.